The normalized spacial score (nSPS) is 17.8. The monoisotopic (exact) mass is 424 g/mol. The topological polar surface area (TPSA) is 148 Å². The van der Waals surface area contributed by atoms with Gasteiger partial charge in [0.15, 0.2) is 0 Å². The molecule has 10 heteroatoms. The summed E-state index contributed by atoms with van der Waals surface area (Å²) in [6.45, 7) is 0.892. The van der Waals surface area contributed by atoms with Gasteiger partial charge in [-0.25, -0.2) is 9.59 Å². The summed E-state index contributed by atoms with van der Waals surface area (Å²) >= 11 is 0. The van der Waals surface area contributed by atoms with Crippen LogP contribution >= 0.6 is 0 Å². The molecule has 1 unspecified atom stereocenters. The molecule has 0 aromatic heterocycles. The minimum Gasteiger partial charge on any atom is -0.465 e. The summed E-state index contributed by atoms with van der Waals surface area (Å²) in [6, 6.07) is 11.4. The molecule has 4 N–H and O–H groups in total. The molecule has 10 nitrogen and oxygen atoms in total. The van der Waals surface area contributed by atoms with Crippen LogP contribution in [0.5, 0.6) is 0 Å². The molecule has 1 atom stereocenters. The highest BCUT2D eigenvalue weighted by Crippen LogP contribution is 2.29. The second kappa shape index (κ2) is 8.27. The highest BCUT2D eigenvalue weighted by Gasteiger charge is 2.49. The van der Waals surface area contributed by atoms with Crippen LogP contribution < -0.4 is 16.4 Å². The molecule has 1 fully saturated rings. The molecule has 0 aliphatic carbocycles. The van der Waals surface area contributed by atoms with Crippen molar-refractivity contribution in [2.45, 2.75) is 12.5 Å². The van der Waals surface area contributed by atoms with Crippen LogP contribution in [0, 0.1) is 0 Å². The summed E-state index contributed by atoms with van der Waals surface area (Å²) in [4.78, 5) is 62.0. The first-order valence-corrected chi connectivity index (χ1v) is 9.19. The zero-order chi connectivity index (χ0) is 22.8. The van der Waals surface area contributed by atoms with Crippen LogP contribution in [0.3, 0.4) is 0 Å². The third-order valence-electron chi connectivity index (χ3n) is 4.91. The van der Waals surface area contributed by atoms with Crippen molar-refractivity contribution >= 4 is 35.4 Å². The molecule has 1 saturated heterocycles. The number of esters is 1. The number of nitrogens with two attached hydrogens (primary N) is 1. The van der Waals surface area contributed by atoms with E-state index in [1.54, 1.807) is 24.3 Å². The van der Waals surface area contributed by atoms with Crippen LogP contribution in [0.25, 0.3) is 0 Å². The fraction of sp³-hybridized carbons (Fsp3) is 0.190. The number of nitrogens with one attached hydrogen (secondary N) is 2. The number of anilines is 1. The number of rotatable bonds is 6. The first kappa shape index (κ1) is 21.5. The fourth-order valence-electron chi connectivity index (χ4n) is 3.23. The van der Waals surface area contributed by atoms with Gasteiger partial charge in [0.1, 0.15) is 12.1 Å². The number of nitrogens with zero attached hydrogens (tertiary/aromatic N) is 1. The van der Waals surface area contributed by atoms with Gasteiger partial charge in [-0.05, 0) is 36.8 Å². The minimum absolute atomic E-state index is 0.128. The number of carbonyl (C=O) groups is 5. The Bertz CT molecular complexity index is 1100. The number of amides is 5. The average molecular weight is 424 g/mol. The Balaban J connectivity index is 1.79. The molecule has 2 aromatic carbocycles. The van der Waals surface area contributed by atoms with E-state index in [9.17, 15) is 24.0 Å². The van der Waals surface area contributed by atoms with E-state index in [2.05, 4.69) is 15.4 Å². The van der Waals surface area contributed by atoms with Gasteiger partial charge in [0.05, 0.1) is 18.4 Å². The van der Waals surface area contributed by atoms with Gasteiger partial charge in [-0.1, -0.05) is 24.3 Å². The number of hydrogen-bond donors (Lipinski definition) is 3. The Morgan fingerprint density at radius 1 is 1.13 bits per heavy atom. The number of carbonyl (C=O) groups excluding carboxylic acids is 5. The van der Waals surface area contributed by atoms with Gasteiger partial charge < -0.3 is 21.1 Å². The molecule has 0 spiro atoms. The number of hydrogen-bond acceptors (Lipinski definition) is 6. The summed E-state index contributed by atoms with van der Waals surface area (Å²) in [5.74, 6) is -2.68. The third-order valence-corrected chi connectivity index (χ3v) is 4.91. The average Bonchev–Trinajstić information content (AvgIpc) is 2.97. The quantitative estimate of drug-likeness (QED) is 0.465. The lowest BCUT2D eigenvalue weighted by molar-refractivity contribution is -0.133. The molecule has 5 amide bonds. The molecule has 3 rings (SSSR count). The van der Waals surface area contributed by atoms with Gasteiger partial charge in [-0.15, -0.1) is 0 Å². The smallest absolute Gasteiger partial charge is 0.339 e. The lowest BCUT2D eigenvalue weighted by Gasteiger charge is -2.22. The Morgan fingerprint density at radius 3 is 2.52 bits per heavy atom. The molecule has 1 aliphatic heterocycles. The van der Waals surface area contributed by atoms with E-state index >= 15 is 0 Å². The molecule has 1 heterocycles. The van der Waals surface area contributed by atoms with E-state index in [0.717, 1.165) is 4.90 Å². The Labute approximate surface area is 177 Å². The second-order valence-electron chi connectivity index (χ2n) is 6.98. The molecule has 0 radical (unpaired) electrons. The Kier molecular flexibility index (Phi) is 5.73. The van der Waals surface area contributed by atoms with E-state index in [4.69, 9.17) is 5.73 Å². The zero-order valence-electron chi connectivity index (χ0n) is 16.8. The van der Waals surface area contributed by atoms with Gasteiger partial charge in [0.25, 0.3) is 5.91 Å². The number of para-hydroxylation sites is 1. The van der Waals surface area contributed by atoms with Crippen LogP contribution in [0.1, 0.15) is 33.2 Å². The van der Waals surface area contributed by atoms with Crippen molar-refractivity contribution < 1.29 is 28.7 Å². The Hall–Kier alpha value is -4.21. The van der Waals surface area contributed by atoms with Crippen molar-refractivity contribution in [2.75, 3.05) is 19.0 Å². The number of imide groups is 1. The van der Waals surface area contributed by atoms with Gasteiger partial charge in [-0.2, -0.15) is 0 Å². The summed E-state index contributed by atoms with van der Waals surface area (Å²) in [6.07, 6.45) is 0. The number of ether oxygens (including phenoxy) is 1. The standard InChI is InChI=1S/C21H20N4O6/c1-21(13-7-5-6-12(10-13)17(22)27)19(29)25(20(30)24-21)11-16(26)23-15-9-4-3-8-14(15)18(28)31-2/h3-10H,11H2,1-2H3,(H2,22,27)(H,23,26)(H,24,30). The second-order valence-corrected chi connectivity index (χ2v) is 6.98. The lowest BCUT2D eigenvalue weighted by atomic mass is 9.90. The van der Waals surface area contributed by atoms with E-state index in [0.29, 0.717) is 5.56 Å². The van der Waals surface area contributed by atoms with Gasteiger partial charge in [0, 0.05) is 5.56 Å². The zero-order valence-corrected chi connectivity index (χ0v) is 16.8. The SMILES string of the molecule is COC(=O)c1ccccc1NC(=O)CN1C(=O)NC(C)(c2cccc(C(N)=O)c2)C1=O. The molecule has 31 heavy (non-hydrogen) atoms. The summed E-state index contributed by atoms with van der Waals surface area (Å²) in [5.41, 5.74) is 4.65. The molecule has 2 aromatic rings. The Morgan fingerprint density at radius 2 is 1.84 bits per heavy atom. The molecule has 1 aliphatic rings. The maximum absolute atomic E-state index is 13.0. The van der Waals surface area contributed by atoms with E-state index in [1.807, 2.05) is 0 Å². The van der Waals surface area contributed by atoms with Crippen molar-refractivity contribution in [3.8, 4) is 0 Å². The molecular formula is C21H20N4O6. The van der Waals surface area contributed by atoms with E-state index in [-0.39, 0.29) is 16.8 Å². The number of methoxy groups -OCH3 is 1. The van der Waals surface area contributed by atoms with Crippen LogP contribution in [0.2, 0.25) is 0 Å². The maximum atomic E-state index is 13.0. The minimum atomic E-state index is -1.48. The highest BCUT2D eigenvalue weighted by atomic mass is 16.5. The van der Waals surface area contributed by atoms with Crippen molar-refractivity contribution in [3.05, 3.63) is 65.2 Å². The molecular weight excluding hydrogens is 404 g/mol. The first-order chi connectivity index (χ1) is 14.7. The predicted molar refractivity (Wildman–Crippen MR) is 109 cm³/mol. The number of urea groups is 1. The summed E-state index contributed by atoms with van der Waals surface area (Å²) < 4.78 is 4.68. The van der Waals surface area contributed by atoms with Crippen molar-refractivity contribution in [1.82, 2.24) is 10.2 Å². The summed E-state index contributed by atoms with van der Waals surface area (Å²) in [5, 5.41) is 5.06. The third kappa shape index (κ3) is 4.08. The first-order valence-electron chi connectivity index (χ1n) is 9.19. The fourth-order valence-corrected chi connectivity index (χ4v) is 3.23. The van der Waals surface area contributed by atoms with Gasteiger partial charge >= 0.3 is 12.0 Å². The van der Waals surface area contributed by atoms with Gasteiger partial charge in [-0.3, -0.25) is 19.3 Å². The van der Waals surface area contributed by atoms with Crippen LogP contribution in [-0.2, 0) is 19.9 Å². The maximum Gasteiger partial charge on any atom is 0.339 e. The highest BCUT2D eigenvalue weighted by molar-refractivity contribution is 6.11. The molecule has 0 bridgehead atoms. The van der Waals surface area contributed by atoms with Crippen molar-refractivity contribution in [3.63, 3.8) is 0 Å². The predicted octanol–water partition coefficient (Wildman–Crippen LogP) is 0.978. The number of benzene rings is 2. The largest absolute Gasteiger partial charge is 0.465 e. The summed E-state index contributed by atoms with van der Waals surface area (Å²) in [7, 11) is 1.21. The van der Waals surface area contributed by atoms with E-state index in [1.165, 1.54) is 38.3 Å². The lowest BCUT2D eigenvalue weighted by Crippen LogP contribution is -2.42. The van der Waals surface area contributed by atoms with Gasteiger partial charge in [0.2, 0.25) is 11.8 Å². The van der Waals surface area contributed by atoms with Crippen molar-refractivity contribution in [2.24, 2.45) is 5.73 Å². The van der Waals surface area contributed by atoms with Crippen LogP contribution in [-0.4, -0.2) is 48.3 Å². The van der Waals surface area contributed by atoms with E-state index < -0.39 is 41.8 Å². The van der Waals surface area contributed by atoms with Crippen LogP contribution in [0.4, 0.5) is 10.5 Å². The molecule has 160 valence electrons. The van der Waals surface area contributed by atoms with Crippen LogP contribution in [0.15, 0.2) is 48.5 Å². The number of primary amides is 1. The van der Waals surface area contributed by atoms with Crippen molar-refractivity contribution in [1.29, 1.82) is 0 Å². The molecule has 0 saturated carbocycles.